The normalized spacial score (nSPS) is 14.7. The van der Waals surface area contributed by atoms with Crippen LogP contribution in [0.2, 0.25) is 0 Å². The lowest BCUT2D eigenvalue weighted by molar-refractivity contribution is 0.354. The maximum absolute atomic E-state index is 11.1. The Hall–Kier alpha value is -1.24. The molecule has 1 aliphatic rings. The third kappa shape index (κ3) is 1.43. The van der Waals surface area contributed by atoms with Gasteiger partial charge in [-0.3, -0.25) is 5.11 Å². The fraction of sp³-hybridized carbons (Fsp3) is 0.200. The average Bonchev–Trinajstić information content (AvgIpc) is 2.78. The SMILES string of the molecule is [O]c1ccccc1C=C1CC1. The molecule has 0 aliphatic heterocycles. The summed E-state index contributed by atoms with van der Waals surface area (Å²) in [6, 6.07) is 7.15. The first-order valence-corrected chi connectivity index (χ1v) is 3.82. The molecule has 1 nitrogen and oxygen atoms in total. The van der Waals surface area contributed by atoms with Crippen molar-refractivity contribution in [2.75, 3.05) is 0 Å². The molecule has 0 unspecified atom stereocenters. The molecule has 1 aromatic rings. The van der Waals surface area contributed by atoms with Crippen LogP contribution < -0.4 is 0 Å². The summed E-state index contributed by atoms with van der Waals surface area (Å²) in [4.78, 5) is 0. The van der Waals surface area contributed by atoms with E-state index in [0.717, 1.165) is 5.56 Å². The van der Waals surface area contributed by atoms with Gasteiger partial charge in [-0.2, -0.15) is 0 Å². The van der Waals surface area contributed by atoms with Gasteiger partial charge in [0.1, 0.15) is 0 Å². The van der Waals surface area contributed by atoms with Crippen molar-refractivity contribution >= 4 is 6.08 Å². The lowest BCUT2D eigenvalue weighted by Crippen LogP contribution is -1.70. The van der Waals surface area contributed by atoms with Crippen molar-refractivity contribution in [1.29, 1.82) is 0 Å². The van der Waals surface area contributed by atoms with Gasteiger partial charge >= 0.3 is 0 Å². The molecule has 0 amide bonds. The summed E-state index contributed by atoms with van der Waals surface area (Å²) in [5, 5.41) is 11.1. The van der Waals surface area contributed by atoms with Crippen molar-refractivity contribution < 1.29 is 5.11 Å². The van der Waals surface area contributed by atoms with Crippen molar-refractivity contribution in [3.05, 3.63) is 35.4 Å². The summed E-state index contributed by atoms with van der Waals surface area (Å²) in [5.74, 6) is 0.131. The molecular weight excluding hydrogens is 136 g/mol. The van der Waals surface area contributed by atoms with Crippen molar-refractivity contribution in [2.24, 2.45) is 0 Å². The van der Waals surface area contributed by atoms with Crippen LogP contribution in [0.4, 0.5) is 0 Å². The smallest absolute Gasteiger partial charge is 0.185 e. The molecular formula is C10H9O. The van der Waals surface area contributed by atoms with E-state index in [-0.39, 0.29) is 5.75 Å². The maximum Gasteiger partial charge on any atom is 0.185 e. The minimum Gasteiger partial charge on any atom is -0.289 e. The minimum absolute atomic E-state index is 0.131. The first-order valence-electron chi connectivity index (χ1n) is 3.82. The van der Waals surface area contributed by atoms with E-state index in [1.165, 1.54) is 18.4 Å². The topological polar surface area (TPSA) is 19.9 Å². The van der Waals surface area contributed by atoms with Gasteiger partial charge in [-0.15, -0.1) is 0 Å². The summed E-state index contributed by atoms with van der Waals surface area (Å²) in [6.07, 6.45) is 4.35. The van der Waals surface area contributed by atoms with E-state index in [1.807, 2.05) is 18.2 Å². The molecule has 0 atom stereocenters. The Labute approximate surface area is 66.0 Å². The fourth-order valence-electron chi connectivity index (χ4n) is 1.04. The summed E-state index contributed by atoms with van der Waals surface area (Å²) >= 11 is 0. The number of para-hydroxylation sites is 1. The Bertz CT molecular complexity index is 293. The standard InChI is InChI=1S/C10H9O/c11-10-4-2-1-3-9(10)7-8-5-6-8/h1-4,7H,5-6H2. The number of benzene rings is 1. The third-order valence-corrected chi connectivity index (χ3v) is 1.82. The molecule has 0 saturated heterocycles. The van der Waals surface area contributed by atoms with Gasteiger partial charge in [-0.25, -0.2) is 0 Å². The summed E-state index contributed by atoms with van der Waals surface area (Å²) in [7, 11) is 0. The van der Waals surface area contributed by atoms with Crippen LogP contribution in [0.1, 0.15) is 18.4 Å². The fourth-order valence-corrected chi connectivity index (χ4v) is 1.04. The molecule has 1 aliphatic carbocycles. The first kappa shape index (κ1) is 6.47. The number of hydrogen-bond acceptors (Lipinski definition) is 0. The molecule has 1 fully saturated rings. The Morgan fingerprint density at radius 1 is 1.18 bits per heavy atom. The van der Waals surface area contributed by atoms with E-state index in [4.69, 9.17) is 0 Å². The lowest BCUT2D eigenvalue weighted by atomic mass is 10.2. The highest BCUT2D eigenvalue weighted by atomic mass is 16.3. The first-order chi connectivity index (χ1) is 5.36. The van der Waals surface area contributed by atoms with Crippen LogP contribution in [0.15, 0.2) is 29.8 Å². The highest BCUT2D eigenvalue weighted by molar-refractivity contribution is 5.61. The number of rotatable bonds is 1. The van der Waals surface area contributed by atoms with Crippen molar-refractivity contribution in [3.63, 3.8) is 0 Å². The van der Waals surface area contributed by atoms with Crippen LogP contribution in [0, 0.1) is 0 Å². The highest BCUT2D eigenvalue weighted by Crippen LogP contribution is 2.32. The molecule has 0 bridgehead atoms. The molecule has 0 N–H and O–H groups in total. The van der Waals surface area contributed by atoms with Gasteiger partial charge < -0.3 is 0 Å². The second-order valence-electron chi connectivity index (χ2n) is 2.84. The van der Waals surface area contributed by atoms with Crippen LogP contribution in [-0.4, -0.2) is 0 Å². The van der Waals surface area contributed by atoms with E-state index < -0.39 is 0 Å². The molecule has 0 heterocycles. The molecule has 1 aromatic carbocycles. The van der Waals surface area contributed by atoms with Crippen molar-refractivity contribution in [2.45, 2.75) is 12.8 Å². The van der Waals surface area contributed by atoms with E-state index in [9.17, 15) is 5.11 Å². The quantitative estimate of drug-likeness (QED) is 0.579. The second kappa shape index (κ2) is 2.42. The monoisotopic (exact) mass is 145 g/mol. The predicted molar refractivity (Wildman–Crippen MR) is 43.8 cm³/mol. The largest absolute Gasteiger partial charge is 0.289 e. The lowest BCUT2D eigenvalue weighted by Gasteiger charge is -1.91. The Kier molecular flexibility index (Phi) is 1.42. The van der Waals surface area contributed by atoms with E-state index >= 15 is 0 Å². The molecule has 2 rings (SSSR count). The molecule has 1 saturated carbocycles. The zero-order valence-electron chi connectivity index (χ0n) is 6.21. The van der Waals surface area contributed by atoms with Crippen LogP contribution >= 0.6 is 0 Å². The average molecular weight is 145 g/mol. The third-order valence-electron chi connectivity index (χ3n) is 1.82. The Morgan fingerprint density at radius 3 is 2.55 bits per heavy atom. The zero-order chi connectivity index (χ0) is 7.68. The molecule has 0 aromatic heterocycles. The van der Waals surface area contributed by atoms with Crippen LogP contribution in [0.3, 0.4) is 0 Å². The Morgan fingerprint density at radius 2 is 1.91 bits per heavy atom. The van der Waals surface area contributed by atoms with Crippen LogP contribution in [0.25, 0.3) is 6.08 Å². The van der Waals surface area contributed by atoms with Crippen LogP contribution in [0.5, 0.6) is 5.75 Å². The van der Waals surface area contributed by atoms with Gasteiger partial charge in [0.25, 0.3) is 0 Å². The van der Waals surface area contributed by atoms with Gasteiger partial charge in [0, 0.05) is 5.56 Å². The van der Waals surface area contributed by atoms with Gasteiger partial charge in [-0.1, -0.05) is 29.8 Å². The van der Waals surface area contributed by atoms with Gasteiger partial charge in [0.15, 0.2) is 5.75 Å². The summed E-state index contributed by atoms with van der Waals surface area (Å²) < 4.78 is 0. The van der Waals surface area contributed by atoms with Crippen molar-refractivity contribution in [3.8, 4) is 5.75 Å². The van der Waals surface area contributed by atoms with E-state index in [1.54, 1.807) is 12.1 Å². The molecule has 11 heavy (non-hydrogen) atoms. The van der Waals surface area contributed by atoms with E-state index in [2.05, 4.69) is 0 Å². The number of hydrogen-bond donors (Lipinski definition) is 0. The molecule has 1 radical (unpaired) electrons. The van der Waals surface area contributed by atoms with Gasteiger partial charge in [0.05, 0.1) is 0 Å². The summed E-state index contributed by atoms with van der Waals surface area (Å²) in [6.45, 7) is 0. The van der Waals surface area contributed by atoms with Gasteiger partial charge in [-0.05, 0) is 18.9 Å². The minimum atomic E-state index is 0.131. The second-order valence-corrected chi connectivity index (χ2v) is 2.84. The van der Waals surface area contributed by atoms with Crippen molar-refractivity contribution in [1.82, 2.24) is 0 Å². The van der Waals surface area contributed by atoms with E-state index in [0.29, 0.717) is 0 Å². The maximum atomic E-state index is 11.1. The molecule has 0 spiro atoms. The van der Waals surface area contributed by atoms with Crippen LogP contribution in [-0.2, 0) is 5.11 Å². The Balaban J connectivity index is 2.36. The predicted octanol–water partition coefficient (Wildman–Crippen LogP) is 3.01. The highest BCUT2D eigenvalue weighted by Gasteiger charge is 2.11. The zero-order valence-corrected chi connectivity index (χ0v) is 6.21. The molecule has 55 valence electrons. The molecule has 1 heteroatoms. The summed E-state index contributed by atoms with van der Waals surface area (Å²) in [5.41, 5.74) is 2.23. The number of allylic oxidation sites excluding steroid dienone is 1. The van der Waals surface area contributed by atoms with Gasteiger partial charge in [0.2, 0.25) is 0 Å².